The molecular formula is C17H17N5O2S. The molecule has 7 nitrogen and oxygen atoms in total. The van der Waals surface area contributed by atoms with E-state index in [9.17, 15) is 4.79 Å². The number of thioether (sulfide) groups is 1. The molecule has 128 valence electrons. The quantitative estimate of drug-likeness (QED) is 0.656. The van der Waals surface area contributed by atoms with Gasteiger partial charge in [0.05, 0.1) is 19.4 Å². The zero-order chi connectivity index (χ0) is 17.6. The largest absolute Gasteiger partial charge is 0.382 e. The van der Waals surface area contributed by atoms with Crippen LogP contribution in [0.25, 0.3) is 0 Å². The van der Waals surface area contributed by atoms with E-state index in [2.05, 4.69) is 9.97 Å². The summed E-state index contributed by atoms with van der Waals surface area (Å²) in [6.07, 6.45) is 1.38. The summed E-state index contributed by atoms with van der Waals surface area (Å²) >= 11 is 1.23. The fourth-order valence-corrected chi connectivity index (χ4v) is 3.48. The third-order valence-electron chi connectivity index (χ3n) is 3.79. The number of carbonyl (C=O) groups excluding carboxylic acids is 1. The highest BCUT2D eigenvalue weighted by Gasteiger charge is 2.29. The number of hydrogen-bond donors (Lipinski definition) is 1. The molecule has 1 aliphatic heterocycles. The van der Waals surface area contributed by atoms with Gasteiger partial charge in [-0.15, -0.1) is 0 Å². The molecule has 1 unspecified atom stereocenters. The van der Waals surface area contributed by atoms with Gasteiger partial charge in [0, 0.05) is 13.1 Å². The topological polar surface area (TPSA) is 105 Å². The number of anilines is 1. The van der Waals surface area contributed by atoms with Crippen LogP contribution in [0.15, 0.2) is 41.7 Å². The van der Waals surface area contributed by atoms with E-state index in [4.69, 9.17) is 15.7 Å². The molecule has 1 aliphatic rings. The normalized spacial score (nSPS) is 15.4. The summed E-state index contributed by atoms with van der Waals surface area (Å²) in [4.78, 5) is 23.1. The molecular weight excluding hydrogens is 338 g/mol. The van der Waals surface area contributed by atoms with Crippen molar-refractivity contribution >= 4 is 23.5 Å². The smallest absolute Gasteiger partial charge is 0.240 e. The number of morpholine rings is 1. The van der Waals surface area contributed by atoms with Gasteiger partial charge in [-0.25, -0.2) is 9.97 Å². The van der Waals surface area contributed by atoms with Crippen LogP contribution in [0.3, 0.4) is 0 Å². The van der Waals surface area contributed by atoms with Crippen molar-refractivity contribution in [2.24, 2.45) is 0 Å². The number of nitrogens with two attached hydrogens (primary N) is 1. The predicted octanol–water partition coefficient (Wildman–Crippen LogP) is 1.62. The fourth-order valence-electron chi connectivity index (χ4n) is 2.46. The van der Waals surface area contributed by atoms with E-state index in [-0.39, 0.29) is 17.3 Å². The maximum atomic E-state index is 13.0. The van der Waals surface area contributed by atoms with Gasteiger partial charge in [-0.2, -0.15) is 5.26 Å². The first kappa shape index (κ1) is 17.2. The van der Waals surface area contributed by atoms with Crippen LogP contribution in [0.1, 0.15) is 16.4 Å². The molecule has 25 heavy (non-hydrogen) atoms. The molecule has 2 heterocycles. The standard InChI is InChI=1S/C17H17N5O2S/c18-10-13-11-20-17(21-15(13)19)25-14(12-4-2-1-3-5-12)16(23)22-6-8-24-9-7-22/h1-5,11,14H,6-9H2,(H2,19,20,21). The second-order valence-corrected chi connectivity index (χ2v) is 6.48. The van der Waals surface area contributed by atoms with E-state index in [0.717, 1.165) is 5.56 Å². The highest BCUT2D eigenvalue weighted by molar-refractivity contribution is 8.00. The zero-order valence-electron chi connectivity index (χ0n) is 13.5. The highest BCUT2D eigenvalue weighted by Crippen LogP contribution is 2.35. The molecule has 1 amide bonds. The lowest BCUT2D eigenvalue weighted by Crippen LogP contribution is -2.42. The molecule has 1 fully saturated rings. The van der Waals surface area contributed by atoms with Crippen LogP contribution in [0.5, 0.6) is 0 Å². The Hall–Kier alpha value is -2.63. The Bertz CT molecular complexity index is 787. The maximum absolute atomic E-state index is 13.0. The molecule has 0 bridgehead atoms. The van der Waals surface area contributed by atoms with Gasteiger partial charge >= 0.3 is 0 Å². The number of rotatable bonds is 4. The van der Waals surface area contributed by atoms with Crippen LogP contribution < -0.4 is 5.73 Å². The molecule has 0 saturated carbocycles. The molecule has 1 aromatic heterocycles. The summed E-state index contributed by atoms with van der Waals surface area (Å²) < 4.78 is 5.32. The number of aromatic nitrogens is 2. The average molecular weight is 355 g/mol. The minimum Gasteiger partial charge on any atom is -0.382 e. The second-order valence-electron chi connectivity index (χ2n) is 5.41. The molecule has 0 radical (unpaired) electrons. The van der Waals surface area contributed by atoms with E-state index in [1.165, 1.54) is 18.0 Å². The van der Waals surface area contributed by atoms with Crippen molar-refractivity contribution in [2.75, 3.05) is 32.0 Å². The van der Waals surface area contributed by atoms with Gasteiger partial charge in [-0.3, -0.25) is 4.79 Å². The number of benzene rings is 1. The number of nitrogen functional groups attached to an aromatic ring is 1. The van der Waals surface area contributed by atoms with Gasteiger partial charge in [-0.1, -0.05) is 42.1 Å². The van der Waals surface area contributed by atoms with Gasteiger partial charge in [0.15, 0.2) is 5.16 Å². The Labute approximate surface area is 149 Å². The van der Waals surface area contributed by atoms with Crippen molar-refractivity contribution in [3.8, 4) is 6.07 Å². The monoisotopic (exact) mass is 355 g/mol. The van der Waals surface area contributed by atoms with Crippen molar-refractivity contribution in [1.29, 1.82) is 5.26 Å². The van der Waals surface area contributed by atoms with Gasteiger partial charge < -0.3 is 15.4 Å². The molecule has 0 aliphatic carbocycles. The number of carbonyl (C=O) groups is 1. The highest BCUT2D eigenvalue weighted by atomic mass is 32.2. The molecule has 0 spiro atoms. The number of hydrogen-bond acceptors (Lipinski definition) is 7. The van der Waals surface area contributed by atoms with Gasteiger partial charge in [-0.05, 0) is 5.56 Å². The Balaban J connectivity index is 1.87. The van der Waals surface area contributed by atoms with Crippen LogP contribution in [0, 0.1) is 11.3 Å². The van der Waals surface area contributed by atoms with Crippen LogP contribution in [-0.4, -0.2) is 47.1 Å². The first-order valence-corrected chi connectivity index (χ1v) is 8.68. The fraction of sp³-hybridized carbons (Fsp3) is 0.294. The summed E-state index contributed by atoms with van der Waals surface area (Å²) in [5.41, 5.74) is 6.86. The third kappa shape index (κ3) is 4.07. The van der Waals surface area contributed by atoms with Gasteiger partial charge in [0.1, 0.15) is 22.7 Å². The van der Waals surface area contributed by atoms with Crippen LogP contribution >= 0.6 is 11.8 Å². The minimum atomic E-state index is -0.480. The average Bonchev–Trinajstić information content (AvgIpc) is 2.67. The van der Waals surface area contributed by atoms with E-state index in [0.29, 0.717) is 31.5 Å². The van der Waals surface area contributed by atoms with Crippen molar-refractivity contribution in [3.05, 3.63) is 47.7 Å². The predicted molar refractivity (Wildman–Crippen MR) is 93.6 cm³/mol. The zero-order valence-corrected chi connectivity index (χ0v) is 14.3. The molecule has 1 aromatic carbocycles. The maximum Gasteiger partial charge on any atom is 0.240 e. The van der Waals surface area contributed by atoms with Crippen molar-refractivity contribution in [2.45, 2.75) is 10.4 Å². The Morgan fingerprint density at radius 2 is 2.04 bits per heavy atom. The summed E-state index contributed by atoms with van der Waals surface area (Å²) in [6, 6.07) is 11.4. The van der Waals surface area contributed by atoms with Crippen LogP contribution in [0.2, 0.25) is 0 Å². The molecule has 2 aromatic rings. The van der Waals surface area contributed by atoms with Crippen molar-refractivity contribution in [1.82, 2.24) is 14.9 Å². The Morgan fingerprint density at radius 3 is 2.68 bits per heavy atom. The number of amides is 1. The lowest BCUT2D eigenvalue weighted by molar-refractivity contribution is -0.134. The van der Waals surface area contributed by atoms with E-state index in [1.54, 1.807) is 4.90 Å². The Morgan fingerprint density at radius 1 is 1.32 bits per heavy atom. The second kappa shape index (κ2) is 7.96. The molecule has 1 saturated heterocycles. The number of ether oxygens (including phenoxy) is 1. The van der Waals surface area contributed by atoms with Crippen molar-refractivity contribution in [3.63, 3.8) is 0 Å². The minimum absolute atomic E-state index is 0.00830. The molecule has 1 atom stereocenters. The van der Waals surface area contributed by atoms with Crippen molar-refractivity contribution < 1.29 is 9.53 Å². The van der Waals surface area contributed by atoms with Crippen LogP contribution in [-0.2, 0) is 9.53 Å². The van der Waals surface area contributed by atoms with Gasteiger partial charge in [0.25, 0.3) is 0 Å². The summed E-state index contributed by atoms with van der Waals surface area (Å²) in [7, 11) is 0. The summed E-state index contributed by atoms with van der Waals surface area (Å²) in [5.74, 6) is 0.108. The Kier molecular flexibility index (Phi) is 5.48. The lowest BCUT2D eigenvalue weighted by Gasteiger charge is -2.30. The molecule has 2 N–H and O–H groups in total. The summed E-state index contributed by atoms with van der Waals surface area (Å²) in [5, 5.41) is 8.83. The van der Waals surface area contributed by atoms with Crippen LogP contribution in [0.4, 0.5) is 5.82 Å². The molecule has 8 heteroatoms. The van der Waals surface area contributed by atoms with E-state index < -0.39 is 5.25 Å². The van der Waals surface area contributed by atoms with E-state index >= 15 is 0 Å². The number of nitrogens with zero attached hydrogens (tertiary/aromatic N) is 4. The summed E-state index contributed by atoms with van der Waals surface area (Å²) in [6.45, 7) is 2.22. The third-order valence-corrected chi connectivity index (χ3v) is 4.91. The van der Waals surface area contributed by atoms with E-state index in [1.807, 2.05) is 36.4 Å². The number of nitriles is 1. The molecule has 3 rings (SSSR count). The first-order valence-electron chi connectivity index (χ1n) is 7.80. The van der Waals surface area contributed by atoms with Gasteiger partial charge in [0.2, 0.25) is 5.91 Å². The first-order chi connectivity index (χ1) is 12.2. The lowest BCUT2D eigenvalue weighted by atomic mass is 10.1. The SMILES string of the molecule is N#Cc1cnc(SC(C(=O)N2CCOCC2)c2ccccc2)nc1N.